The predicted molar refractivity (Wildman–Crippen MR) is 74.9 cm³/mol. The number of hydrogen-bond donors (Lipinski definition) is 1. The van der Waals surface area contributed by atoms with Crippen molar-refractivity contribution in [2.45, 2.75) is 6.42 Å². The number of nitrogens with zero attached hydrogens (tertiary/aromatic N) is 2. The van der Waals surface area contributed by atoms with Crippen molar-refractivity contribution in [3.05, 3.63) is 30.2 Å². The topological polar surface area (TPSA) is 86.5 Å². The van der Waals surface area contributed by atoms with Crippen LogP contribution in [0.5, 0.6) is 5.75 Å². The monoisotopic (exact) mass is 291 g/mol. The van der Waals surface area contributed by atoms with Crippen LogP contribution in [0.3, 0.4) is 0 Å². The number of amides is 1. The lowest BCUT2D eigenvalue weighted by atomic mass is 10.2. The van der Waals surface area contributed by atoms with E-state index in [-0.39, 0.29) is 18.2 Å². The van der Waals surface area contributed by atoms with E-state index in [1.807, 2.05) is 24.3 Å². The highest BCUT2D eigenvalue weighted by atomic mass is 16.5. The molecule has 7 heteroatoms. The Kier molecular flexibility index (Phi) is 5.28. The smallest absolute Gasteiger partial charge is 0.236 e. The molecule has 0 bridgehead atoms. The Bertz CT molecular complexity index is 580. The summed E-state index contributed by atoms with van der Waals surface area (Å²) in [4.78, 5) is 15.8. The molecule has 0 aliphatic rings. The van der Waals surface area contributed by atoms with Crippen molar-refractivity contribution in [3.63, 3.8) is 0 Å². The van der Waals surface area contributed by atoms with Crippen LogP contribution in [0.1, 0.15) is 5.89 Å². The number of carbonyl (C=O) groups excluding carboxylic acids is 1. The average molecular weight is 291 g/mol. The number of nitrogens with one attached hydrogen (secondary N) is 1. The van der Waals surface area contributed by atoms with Crippen molar-refractivity contribution in [3.8, 4) is 17.1 Å². The number of aromatic nitrogens is 2. The fourth-order valence-corrected chi connectivity index (χ4v) is 1.68. The van der Waals surface area contributed by atoms with Gasteiger partial charge < -0.3 is 19.3 Å². The second-order valence-corrected chi connectivity index (χ2v) is 4.26. The lowest BCUT2D eigenvalue weighted by molar-refractivity contribution is -0.120. The Labute approximate surface area is 122 Å². The van der Waals surface area contributed by atoms with Gasteiger partial charge in [0.2, 0.25) is 17.6 Å². The predicted octanol–water partition coefficient (Wildman–Crippen LogP) is 1.05. The van der Waals surface area contributed by atoms with Crippen molar-refractivity contribution in [1.82, 2.24) is 15.5 Å². The van der Waals surface area contributed by atoms with Crippen molar-refractivity contribution in [2.24, 2.45) is 0 Å². The Morgan fingerprint density at radius 1 is 1.29 bits per heavy atom. The van der Waals surface area contributed by atoms with E-state index in [4.69, 9.17) is 14.0 Å². The molecule has 0 fully saturated rings. The van der Waals surface area contributed by atoms with Crippen LogP contribution in [-0.4, -0.2) is 43.4 Å². The second-order valence-electron chi connectivity index (χ2n) is 4.26. The van der Waals surface area contributed by atoms with E-state index in [2.05, 4.69) is 15.5 Å². The van der Waals surface area contributed by atoms with Gasteiger partial charge in [-0.1, -0.05) is 5.16 Å². The highest BCUT2D eigenvalue weighted by Crippen LogP contribution is 2.19. The summed E-state index contributed by atoms with van der Waals surface area (Å²) in [7, 11) is 3.18. The normalized spacial score (nSPS) is 10.4. The molecule has 0 radical (unpaired) electrons. The standard InChI is InChI=1S/C14H17N3O4/c1-19-8-7-15-12(18)9-13-16-14(17-21-13)10-3-5-11(20-2)6-4-10/h3-6H,7-9H2,1-2H3,(H,15,18). The van der Waals surface area contributed by atoms with Gasteiger partial charge in [-0.3, -0.25) is 4.79 Å². The van der Waals surface area contributed by atoms with Crippen molar-refractivity contribution < 1.29 is 18.8 Å². The Hall–Kier alpha value is -2.41. The van der Waals surface area contributed by atoms with Gasteiger partial charge in [-0.25, -0.2) is 0 Å². The number of benzene rings is 1. The summed E-state index contributed by atoms with van der Waals surface area (Å²) >= 11 is 0. The summed E-state index contributed by atoms with van der Waals surface area (Å²) in [5, 5.41) is 6.55. The SMILES string of the molecule is COCCNC(=O)Cc1nc(-c2ccc(OC)cc2)no1. The zero-order valence-corrected chi connectivity index (χ0v) is 12.0. The first-order chi connectivity index (χ1) is 10.2. The molecular formula is C14H17N3O4. The van der Waals surface area contributed by atoms with E-state index in [1.54, 1.807) is 14.2 Å². The first kappa shape index (κ1) is 15.0. The molecule has 1 aromatic heterocycles. The number of carbonyl (C=O) groups is 1. The molecule has 0 atom stereocenters. The lowest BCUT2D eigenvalue weighted by Crippen LogP contribution is -2.28. The summed E-state index contributed by atoms with van der Waals surface area (Å²) in [6.45, 7) is 0.918. The first-order valence-electron chi connectivity index (χ1n) is 6.45. The van der Waals surface area contributed by atoms with Crippen molar-refractivity contribution in [2.75, 3.05) is 27.4 Å². The molecule has 1 N–H and O–H groups in total. The van der Waals surface area contributed by atoms with E-state index in [9.17, 15) is 4.79 Å². The molecule has 1 heterocycles. The summed E-state index contributed by atoms with van der Waals surface area (Å²) in [5.74, 6) is 1.28. The molecule has 0 saturated carbocycles. The van der Waals surface area contributed by atoms with Crippen LogP contribution in [0.2, 0.25) is 0 Å². The second kappa shape index (κ2) is 7.39. The largest absolute Gasteiger partial charge is 0.497 e. The van der Waals surface area contributed by atoms with Gasteiger partial charge in [-0.2, -0.15) is 4.98 Å². The van der Waals surface area contributed by atoms with Gasteiger partial charge in [-0.15, -0.1) is 0 Å². The fraction of sp³-hybridized carbons (Fsp3) is 0.357. The lowest BCUT2D eigenvalue weighted by Gasteiger charge is -2.01. The molecule has 7 nitrogen and oxygen atoms in total. The molecule has 0 unspecified atom stereocenters. The molecule has 0 spiro atoms. The van der Waals surface area contributed by atoms with Crippen LogP contribution in [0.4, 0.5) is 0 Å². The highest BCUT2D eigenvalue weighted by Gasteiger charge is 2.12. The van der Waals surface area contributed by atoms with Crippen molar-refractivity contribution in [1.29, 1.82) is 0 Å². The number of ether oxygens (including phenoxy) is 2. The number of hydrogen-bond acceptors (Lipinski definition) is 6. The van der Waals surface area contributed by atoms with E-state index in [1.165, 1.54) is 0 Å². The Morgan fingerprint density at radius 2 is 2.05 bits per heavy atom. The summed E-state index contributed by atoms with van der Waals surface area (Å²) in [5.41, 5.74) is 0.797. The van der Waals surface area contributed by atoms with Gasteiger partial charge in [0, 0.05) is 19.2 Å². The zero-order valence-electron chi connectivity index (χ0n) is 12.0. The first-order valence-corrected chi connectivity index (χ1v) is 6.45. The summed E-state index contributed by atoms with van der Waals surface area (Å²) in [6.07, 6.45) is 0.0485. The molecule has 112 valence electrons. The maximum Gasteiger partial charge on any atom is 0.236 e. The summed E-state index contributed by atoms with van der Waals surface area (Å²) in [6, 6.07) is 7.27. The van der Waals surface area contributed by atoms with E-state index in [0.717, 1.165) is 11.3 Å². The van der Waals surface area contributed by atoms with Crippen LogP contribution in [-0.2, 0) is 16.0 Å². The minimum Gasteiger partial charge on any atom is -0.497 e. The molecule has 1 amide bonds. The maximum absolute atomic E-state index is 11.6. The summed E-state index contributed by atoms with van der Waals surface area (Å²) < 4.78 is 15.0. The van der Waals surface area contributed by atoms with E-state index >= 15 is 0 Å². The zero-order chi connectivity index (χ0) is 15.1. The fourth-order valence-electron chi connectivity index (χ4n) is 1.68. The Morgan fingerprint density at radius 3 is 2.71 bits per heavy atom. The molecule has 0 saturated heterocycles. The number of rotatable bonds is 7. The van der Waals surface area contributed by atoms with Crippen LogP contribution in [0.15, 0.2) is 28.8 Å². The third-order valence-electron chi connectivity index (χ3n) is 2.76. The number of methoxy groups -OCH3 is 2. The Balaban J connectivity index is 1.95. The molecule has 2 rings (SSSR count). The quantitative estimate of drug-likeness (QED) is 0.767. The molecule has 0 aliphatic carbocycles. The average Bonchev–Trinajstić information content (AvgIpc) is 2.96. The van der Waals surface area contributed by atoms with Crippen LogP contribution in [0, 0.1) is 0 Å². The molecular weight excluding hydrogens is 274 g/mol. The van der Waals surface area contributed by atoms with Crippen LogP contribution < -0.4 is 10.1 Å². The van der Waals surface area contributed by atoms with Gasteiger partial charge in [0.15, 0.2) is 0 Å². The third kappa shape index (κ3) is 4.28. The molecule has 0 aliphatic heterocycles. The maximum atomic E-state index is 11.6. The van der Waals surface area contributed by atoms with Crippen LogP contribution >= 0.6 is 0 Å². The minimum absolute atomic E-state index is 0.0485. The van der Waals surface area contributed by atoms with Crippen LogP contribution in [0.25, 0.3) is 11.4 Å². The van der Waals surface area contributed by atoms with E-state index < -0.39 is 0 Å². The van der Waals surface area contributed by atoms with Gasteiger partial charge in [0.25, 0.3) is 0 Å². The van der Waals surface area contributed by atoms with Gasteiger partial charge in [0.1, 0.15) is 12.2 Å². The molecule has 2 aromatic rings. The third-order valence-corrected chi connectivity index (χ3v) is 2.76. The van der Waals surface area contributed by atoms with E-state index in [0.29, 0.717) is 19.0 Å². The van der Waals surface area contributed by atoms with Gasteiger partial charge >= 0.3 is 0 Å². The van der Waals surface area contributed by atoms with Crippen molar-refractivity contribution >= 4 is 5.91 Å². The molecule has 1 aromatic carbocycles. The molecule has 21 heavy (non-hydrogen) atoms. The van der Waals surface area contributed by atoms with Gasteiger partial charge in [-0.05, 0) is 24.3 Å². The van der Waals surface area contributed by atoms with Gasteiger partial charge in [0.05, 0.1) is 13.7 Å². The highest BCUT2D eigenvalue weighted by molar-refractivity contribution is 5.77. The minimum atomic E-state index is -0.183.